The van der Waals surface area contributed by atoms with Crippen molar-refractivity contribution in [3.63, 3.8) is 0 Å². The van der Waals surface area contributed by atoms with Crippen LogP contribution in [0.3, 0.4) is 0 Å². The minimum Gasteiger partial charge on any atom is -0.381 e. The Labute approximate surface area is 703 Å². The lowest BCUT2D eigenvalue weighted by Crippen LogP contribution is -2.50. The lowest BCUT2D eigenvalue weighted by atomic mass is 9.69. The maximum Gasteiger partial charge on any atom is 0.417 e. The number of nitrogens with zero attached hydrogens (tertiary/aromatic N) is 6. The second-order valence-corrected chi connectivity index (χ2v) is 33.4. The number of carbonyl (C=O) groups excluding carboxylic acids is 3. The number of hydrogen-bond acceptors (Lipinski definition) is 11. The molecular weight excluding hydrogens is 1560 g/mol. The summed E-state index contributed by atoms with van der Waals surface area (Å²) in [4.78, 5) is 46.5. The smallest absolute Gasteiger partial charge is 0.381 e. The number of benzene rings is 9. The van der Waals surface area contributed by atoms with Crippen LogP contribution in [0.1, 0.15) is 167 Å². The molecule has 9 aromatic carbocycles. The van der Waals surface area contributed by atoms with Crippen molar-refractivity contribution in [3.05, 3.63) is 266 Å². The van der Waals surface area contributed by atoms with E-state index in [0.717, 1.165) is 173 Å². The SMILES string of the molecule is N#Cc1cccc(-c2ccc(C3(CCC(=O)Nc4cc(F)cc(F)c4)CCN(C4CCCC4)CC3)cc2)c1.N#Cc1cccc(-c2ccc(C3(CCC(=O)Nc4ccc(Cl)c(C(F)(F)F)c4)CCN(C4CCCC4)CC3)cc2)c1.N#Cc1cccc(-c2ccc(C3(OCC(=O)Nc4cc(Cl)cc(Cl)c4)CCN(C4CCOCC4)CC3)cc2)c1. The van der Waals surface area contributed by atoms with Crippen LogP contribution in [0.2, 0.25) is 15.1 Å². The van der Waals surface area contributed by atoms with Gasteiger partial charge in [-0.15, -0.1) is 0 Å². The van der Waals surface area contributed by atoms with Gasteiger partial charge in [-0.1, -0.05) is 170 Å². The number of likely N-dealkylation sites (tertiary alicyclic amines) is 3. The van der Waals surface area contributed by atoms with E-state index in [1.165, 1.54) is 68.6 Å². The largest absolute Gasteiger partial charge is 0.417 e. The van der Waals surface area contributed by atoms with Crippen molar-refractivity contribution in [3.8, 4) is 51.6 Å². The molecule has 2 aliphatic carbocycles. The van der Waals surface area contributed by atoms with Crippen LogP contribution in [0, 0.1) is 45.6 Å². The molecular formula is C96H97Cl3F5N9O5. The highest BCUT2D eigenvalue weighted by atomic mass is 35.5. The zero-order valence-electron chi connectivity index (χ0n) is 66.0. The number of ether oxygens (including phenoxy) is 2. The Morgan fingerprint density at radius 3 is 1.23 bits per heavy atom. The van der Waals surface area contributed by atoms with Gasteiger partial charge in [0.1, 0.15) is 18.2 Å². The molecule has 2 saturated carbocycles. The summed E-state index contributed by atoms with van der Waals surface area (Å²) in [5, 5.41) is 36.5. The van der Waals surface area contributed by atoms with Gasteiger partial charge < -0.3 is 35.2 Å². The molecule has 9 aromatic rings. The lowest BCUT2D eigenvalue weighted by Gasteiger charge is -2.45. The van der Waals surface area contributed by atoms with Gasteiger partial charge in [0, 0.05) is 90.4 Å². The van der Waals surface area contributed by atoms with Gasteiger partial charge in [-0.2, -0.15) is 29.0 Å². The van der Waals surface area contributed by atoms with E-state index in [-0.39, 0.29) is 59.4 Å². The average Bonchev–Trinajstić information content (AvgIpc) is 0.993. The Hall–Kier alpha value is -9.82. The second kappa shape index (κ2) is 39.8. The summed E-state index contributed by atoms with van der Waals surface area (Å²) >= 11 is 17.9. The van der Waals surface area contributed by atoms with Crippen LogP contribution in [0.15, 0.2) is 200 Å². The van der Waals surface area contributed by atoms with E-state index in [2.05, 4.69) is 122 Å². The van der Waals surface area contributed by atoms with Crippen molar-refractivity contribution in [1.29, 1.82) is 15.8 Å². The Morgan fingerprint density at radius 1 is 0.432 bits per heavy atom. The normalized spacial score (nSPS) is 17.8. The molecule has 3 N–H and O–H groups in total. The molecule has 118 heavy (non-hydrogen) atoms. The summed E-state index contributed by atoms with van der Waals surface area (Å²) in [6.45, 7) is 7.25. The molecule has 0 spiro atoms. The summed E-state index contributed by atoms with van der Waals surface area (Å²) in [5.74, 6) is -2.24. The molecule has 0 bridgehead atoms. The predicted molar refractivity (Wildman–Crippen MR) is 455 cm³/mol. The molecule has 3 amide bonds. The van der Waals surface area contributed by atoms with E-state index in [4.69, 9.17) is 44.3 Å². The van der Waals surface area contributed by atoms with E-state index >= 15 is 0 Å². The maximum absolute atomic E-state index is 13.6. The zero-order valence-corrected chi connectivity index (χ0v) is 68.3. The van der Waals surface area contributed by atoms with Crippen LogP contribution in [0.25, 0.3) is 33.4 Å². The van der Waals surface area contributed by atoms with E-state index in [9.17, 15) is 52.1 Å². The third-order valence-electron chi connectivity index (χ3n) is 24.9. The number of alkyl halides is 3. The van der Waals surface area contributed by atoms with Gasteiger partial charge >= 0.3 is 6.18 Å². The van der Waals surface area contributed by atoms with Crippen molar-refractivity contribution in [2.24, 2.45) is 0 Å². The first kappa shape index (κ1) is 86.0. The topological polar surface area (TPSA) is 187 Å². The first-order valence-electron chi connectivity index (χ1n) is 41.0. The van der Waals surface area contributed by atoms with Crippen LogP contribution in [-0.4, -0.2) is 110 Å². The molecule has 14 nitrogen and oxygen atoms in total. The number of rotatable bonds is 21. The Morgan fingerprint density at radius 2 is 0.814 bits per heavy atom. The van der Waals surface area contributed by atoms with Gasteiger partial charge in [0.2, 0.25) is 17.7 Å². The summed E-state index contributed by atoms with van der Waals surface area (Å²) in [5.41, 5.74) is 10.2. The number of piperidine rings is 3. The van der Waals surface area contributed by atoms with Crippen LogP contribution in [-0.2, 0) is 46.5 Å². The molecule has 22 heteroatoms. The van der Waals surface area contributed by atoms with E-state index in [1.54, 1.807) is 36.4 Å². The molecule has 4 heterocycles. The Bertz CT molecular complexity index is 5050. The number of halogens is 8. The van der Waals surface area contributed by atoms with Crippen molar-refractivity contribution >= 4 is 69.6 Å². The van der Waals surface area contributed by atoms with Crippen LogP contribution in [0.5, 0.6) is 0 Å². The molecule has 15 rings (SSSR count). The third-order valence-corrected chi connectivity index (χ3v) is 25.6. The predicted octanol–water partition coefficient (Wildman–Crippen LogP) is 22.4. The zero-order chi connectivity index (χ0) is 82.8. The van der Waals surface area contributed by atoms with Crippen LogP contribution < -0.4 is 16.0 Å². The number of anilines is 3. The van der Waals surface area contributed by atoms with Gasteiger partial charge in [-0.3, -0.25) is 19.3 Å². The summed E-state index contributed by atoms with van der Waals surface area (Å²) in [7, 11) is 0. The molecule has 0 radical (unpaired) electrons. The highest BCUT2D eigenvalue weighted by Gasteiger charge is 2.43. The Balaban J connectivity index is 0.000000154. The van der Waals surface area contributed by atoms with Gasteiger partial charge in [0.05, 0.1) is 51.1 Å². The van der Waals surface area contributed by atoms with Crippen molar-refractivity contribution in [2.45, 2.75) is 169 Å². The lowest BCUT2D eigenvalue weighted by molar-refractivity contribution is -0.137. The molecule has 0 aromatic heterocycles. The van der Waals surface area contributed by atoms with Crippen LogP contribution in [0.4, 0.5) is 39.0 Å². The molecule has 4 saturated heterocycles. The first-order chi connectivity index (χ1) is 57.0. The van der Waals surface area contributed by atoms with Crippen molar-refractivity contribution in [2.75, 3.05) is 75.0 Å². The van der Waals surface area contributed by atoms with Gasteiger partial charge in [0.25, 0.3) is 0 Å². The maximum atomic E-state index is 13.6. The number of carbonyl (C=O) groups is 3. The summed E-state index contributed by atoms with van der Waals surface area (Å²) in [6.07, 6.45) is 14.8. The van der Waals surface area contributed by atoms with Crippen LogP contribution >= 0.6 is 34.8 Å². The van der Waals surface area contributed by atoms with E-state index in [1.807, 2.05) is 54.6 Å². The van der Waals surface area contributed by atoms with Crippen molar-refractivity contribution in [1.82, 2.24) is 14.7 Å². The molecule has 0 atom stereocenters. The third kappa shape index (κ3) is 22.4. The standard InChI is InChI=1S/C33H33ClF3N3O.C32H33F2N3O.C31H31Cl2N3O3/c34-30-13-12-27(21-29(30)33(35,36)37)39-31(41)14-15-32(16-18-40(19-17-32)28-6-1-2-7-28)26-10-8-24(9-11-26)25-5-3-4-23(20-25)22-38;33-27-19-28(34)21-29(20-27)36-31(38)12-13-32(14-16-37(17-15-32)30-6-1-2-7-30)26-10-8-24(9-11-26)25-5-3-4-23(18-25)22-35;32-26-17-27(33)19-28(18-26)35-30(37)21-39-31(10-12-36(13-11-31)29-8-14-38-15-9-29)25-6-4-23(5-7-25)24-3-1-2-22(16-24)20-34/h3-5,8-13,20-21,28H,1-2,6-7,14-19H2,(H,39,41);3-5,8-11,18-21,30H,1-2,6-7,12-17H2,(H,36,38);1-7,16-19,29H,8-15,21H2,(H,35,37). The average molecular weight is 1660 g/mol. The van der Waals surface area contributed by atoms with Gasteiger partial charge in [-0.05, 0) is 262 Å². The molecule has 6 aliphatic rings. The van der Waals surface area contributed by atoms with E-state index in [0.29, 0.717) is 63.4 Å². The fraction of sp³-hybridized carbons (Fsp3) is 0.375. The quantitative estimate of drug-likeness (QED) is 0.0581. The highest BCUT2D eigenvalue weighted by molar-refractivity contribution is 6.35. The van der Waals surface area contributed by atoms with E-state index < -0.39 is 34.0 Å². The molecule has 0 unspecified atom stereocenters. The molecule has 4 aliphatic heterocycles. The number of nitrogens with one attached hydrogen (secondary N) is 3. The van der Waals surface area contributed by atoms with Gasteiger partial charge in [-0.25, -0.2) is 8.78 Å². The Kier molecular flexibility index (Phi) is 29.0. The minimum absolute atomic E-state index is 0.0841. The minimum atomic E-state index is -4.60. The summed E-state index contributed by atoms with van der Waals surface area (Å²) in [6, 6.07) is 67.8. The second-order valence-electron chi connectivity index (χ2n) is 32.1. The number of amides is 3. The fourth-order valence-electron chi connectivity index (χ4n) is 18.3. The first-order valence-corrected chi connectivity index (χ1v) is 42.1. The monoisotopic (exact) mass is 1660 g/mol. The number of nitriles is 3. The highest BCUT2D eigenvalue weighted by Crippen LogP contribution is 2.46. The molecule has 6 fully saturated rings. The number of hydrogen-bond donors (Lipinski definition) is 3. The van der Waals surface area contributed by atoms with Gasteiger partial charge in [0.15, 0.2) is 0 Å². The summed E-state index contributed by atoms with van der Waals surface area (Å²) < 4.78 is 79.1. The molecule has 612 valence electrons. The fourth-order valence-corrected chi connectivity index (χ4v) is 19.0. The van der Waals surface area contributed by atoms with Crippen molar-refractivity contribution < 1.29 is 45.8 Å².